The van der Waals surface area contributed by atoms with E-state index in [1.54, 1.807) is 6.92 Å². The van der Waals surface area contributed by atoms with Crippen molar-refractivity contribution in [3.05, 3.63) is 0 Å². The summed E-state index contributed by atoms with van der Waals surface area (Å²) in [7, 11) is -3.05. The molecule has 1 aliphatic rings. The van der Waals surface area contributed by atoms with Gasteiger partial charge in [0.15, 0.2) is 15.6 Å². The van der Waals surface area contributed by atoms with E-state index in [0.29, 0.717) is 19.3 Å². The van der Waals surface area contributed by atoms with Gasteiger partial charge in [-0.1, -0.05) is 6.92 Å². The minimum atomic E-state index is -3.05. The van der Waals surface area contributed by atoms with Crippen LogP contribution in [0.5, 0.6) is 0 Å². The molecule has 0 radical (unpaired) electrons. The zero-order valence-electron chi connectivity index (χ0n) is 6.54. The Hall–Kier alpha value is -0.380. The molecule has 0 spiro atoms. The Kier molecular flexibility index (Phi) is 2.32. The number of sulfone groups is 1. The molecule has 0 aromatic rings. The first-order valence-corrected chi connectivity index (χ1v) is 5.53. The molecule has 1 saturated heterocycles. The second-order valence-corrected chi connectivity index (χ2v) is 5.12. The van der Waals surface area contributed by atoms with E-state index in [9.17, 15) is 13.2 Å². The third kappa shape index (κ3) is 1.61. The van der Waals surface area contributed by atoms with Crippen molar-refractivity contribution in [2.24, 2.45) is 0 Å². The Morgan fingerprint density at radius 3 is 2.55 bits per heavy atom. The van der Waals surface area contributed by atoms with Crippen molar-refractivity contribution in [2.75, 3.05) is 5.75 Å². The molecule has 1 rings (SSSR count). The lowest BCUT2D eigenvalue weighted by molar-refractivity contribution is -0.118. The second kappa shape index (κ2) is 2.93. The summed E-state index contributed by atoms with van der Waals surface area (Å²) in [6.45, 7) is 1.70. The summed E-state index contributed by atoms with van der Waals surface area (Å²) >= 11 is 0. The van der Waals surface area contributed by atoms with Gasteiger partial charge in [0.05, 0.1) is 5.75 Å². The number of hydrogen-bond acceptors (Lipinski definition) is 3. The molecule has 0 aromatic carbocycles. The largest absolute Gasteiger partial charge is 0.298 e. The molecule has 1 unspecified atom stereocenters. The highest BCUT2D eigenvalue weighted by atomic mass is 32.2. The summed E-state index contributed by atoms with van der Waals surface area (Å²) in [4.78, 5) is 11.1. The fourth-order valence-electron chi connectivity index (χ4n) is 1.38. The quantitative estimate of drug-likeness (QED) is 0.617. The smallest absolute Gasteiger partial charge is 0.160 e. The predicted molar refractivity (Wildman–Crippen MR) is 42.1 cm³/mol. The highest BCUT2D eigenvalue weighted by Crippen LogP contribution is 2.21. The monoisotopic (exact) mass is 176 g/mol. The zero-order chi connectivity index (χ0) is 8.48. The Balaban J connectivity index is 2.82. The number of ketones is 1. The van der Waals surface area contributed by atoms with Crippen molar-refractivity contribution >= 4 is 15.6 Å². The van der Waals surface area contributed by atoms with Crippen molar-refractivity contribution in [1.29, 1.82) is 0 Å². The van der Waals surface area contributed by atoms with Crippen LogP contribution in [0.4, 0.5) is 0 Å². The number of hydrogen-bond donors (Lipinski definition) is 0. The van der Waals surface area contributed by atoms with Gasteiger partial charge in [0.25, 0.3) is 0 Å². The van der Waals surface area contributed by atoms with E-state index in [4.69, 9.17) is 0 Å². The van der Waals surface area contributed by atoms with Crippen LogP contribution in [0.25, 0.3) is 0 Å². The van der Waals surface area contributed by atoms with Gasteiger partial charge in [-0.15, -0.1) is 0 Å². The summed E-state index contributed by atoms with van der Waals surface area (Å²) in [5.74, 6) is 0.0751. The molecule has 3 nitrogen and oxygen atoms in total. The summed E-state index contributed by atoms with van der Waals surface area (Å²) in [6.07, 6.45) is 1.53. The second-order valence-electron chi connectivity index (χ2n) is 2.82. The van der Waals surface area contributed by atoms with Crippen LogP contribution in [0.1, 0.15) is 26.2 Å². The summed E-state index contributed by atoms with van der Waals surface area (Å²) in [5.41, 5.74) is 0. The molecule has 1 fully saturated rings. The normalized spacial score (nSPS) is 28.6. The van der Waals surface area contributed by atoms with Crippen LogP contribution in [0.15, 0.2) is 0 Å². The lowest BCUT2D eigenvalue weighted by Gasteiger charge is -2.04. The first-order valence-electron chi connectivity index (χ1n) is 3.82. The van der Waals surface area contributed by atoms with E-state index >= 15 is 0 Å². The Labute approximate surface area is 66.7 Å². The van der Waals surface area contributed by atoms with E-state index in [0.717, 1.165) is 0 Å². The molecule has 0 amide bonds. The maximum absolute atomic E-state index is 11.1. The first-order chi connectivity index (χ1) is 5.08. The molecule has 1 atom stereocenters. The number of rotatable bonds is 2. The van der Waals surface area contributed by atoms with Gasteiger partial charge in [0, 0.05) is 6.42 Å². The van der Waals surface area contributed by atoms with Gasteiger partial charge in [-0.05, 0) is 12.8 Å². The Morgan fingerprint density at radius 1 is 1.55 bits per heavy atom. The minimum Gasteiger partial charge on any atom is -0.298 e. The molecule has 1 aliphatic heterocycles. The molecule has 4 heteroatoms. The summed E-state index contributed by atoms with van der Waals surface area (Å²) in [5, 5.41) is -0.674. The van der Waals surface area contributed by atoms with E-state index in [1.807, 2.05) is 0 Å². The molecule has 0 bridgehead atoms. The van der Waals surface area contributed by atoms with Crippen molar-refractivity contribution in [1.82, 2.24) is 0 Å². The topological polar surface area (TPSA) is 51.2 Å². The summed E-state index contributed by atoms with van der Waals surface area (Å²) in [6, 6.07) is 0. The van der Waals surface area contributed by atoms with Crippen molar-refractivity contribution < 1.29 is 13.2 Å². The third-order valence-corrected chi connectivity index (χ3v) is 4.26. The van der Waals surface area contributed by atoms with Crippen LogP contribution in [0.2, 0.25) is 0 Å². The number of carbonyl (C=O) groups is 1. The predicted octanol–water partition coefficient (Wildman–Crippen LogP) is 0.543. The Morgan fingerprint density at radius 2 is 2.18 bits per heavy atom. The lowest BCUT2D eigenvalue weighted by atomic mass is 10.1. The van der Waals surface area contributed by atoms with Crippen LogP contribution >= 0.6 is 0 Å². The SMILES string of the molecule is CCC(=O)C1CCCS1(=O)=O. The molecular formula is C7H12O3S. The van der Waals surface area contributed by atoms with Gasteiger partial charge >= 0.3 is 0 Å². The maximum atomic E-state index is 11.1. The van der Waals surface area contributed by atoms with Gasteiger partial charge < -0.3 is 0 Å². The Bertz CT molecular complexity index is 253. The molecule has 64 valence electrons. The van der Waals surface area contributed by atoms with Gasteiger partial charge in [0.1, 0.15) is 5.25 Å². The van der Waals surface area contributed by atoms with E-state index in [-0.39, 0.29) is 11.5 Å². The van der Waals surface area contributed by atoms with Crippen LogP contribution < -0.4 is 0 Å². The number of Topliss-reactive ketones (excluding diaryl/α,β-unsaturated/α-hetero) is 1. The van der Waals surface area contributed by atoms with Crippen molar-refractivity contribution in [2.45, 2.75) is 31.4 Å². The third-order valence-electron chi connectivity index (χ3n) is 2.04. The molecule has 0 N–H and O–H groups in total. The fraction of sp³-hybridized carbons (Fsp3) is 0.857. The molecule has 1 heterocycles. The van der Waals surface area contributed by atoms with Crippen LogP contribution in [0, 0.1) is 0 Å². The highest BCUT2D eigenvalue weighted by molar-refractivity contribution is 7.93. The first kappa shape index (κ1) is 8.71. The lowest BCUT2D eigenvalue weighted by Crippen LogP contribution is -2.25. The van der Waals surface area contributed by atoms with Crippen molar-refractivity contribution in [3.63, 3.8) is 0 Å². The average Bonchev–Trinajstić information content (AvgIpc) is 2.28. The standard InChI is InChI=1S/C7H12O3S/c1-2-6(8)7-4-3-5-11(7,9)10/h7H,2-5H2,1H3. The molecule has 0 saturated carbocycles. The van der Waals surface area contributed by atoms with Crippen molar-refractivity contribution in [3.8, 4) is 0 Å². The average molecular weight is 176 g/mol. The molecular weight excluding hydrogens is 164 g/mol. The van der Waals surface area contributed by atoms with Crippen LogP contribution in [0.3, 0.4) is 0 Å². The molecule has 0 aliphatic carbocycles. The molecule has 0 aromatic heterocycles. The van der Waals surface area contributed by atoms with Gasteiger partial charge in [-0.3, -0.25) is 4.79 Å². The zero-order valence-corrected chi connectivity index (χ0v) is 7.36. The summed E-state index contributed by atoms with van der Waals surface area (Å²) < 4.78 is 22.3. The van der Waals surface area contributed by atoms with E-state index < -0.39 is 15.1 Å². The molecule has 11 heavy (non-hydrogen) atoms. The van der Waals surface area contributed by atoms with Crippen LogP contribution in [-0.2, 0) is 14.6 Å². The number of carbonyl (C=O) groups excluding carboxylic acids is 1. The highest BCUT2D eigenvalue weighted by Gasteiger charge is 2.35. The fourth-order valence-corrected chi connectivity index (χ4v) is 3.33. The maximum Gasteiger partial charge on any atom is 0.160 e. The van der Waals surface area contributed by atoms with Crippen LogP contribution in [-0.4, -0.2) is 25.2 Å². The van der Waals surface area contributed by atoms with Gasteiger partial charge in [-0.2, -0.15) is 0 Å². The minimum absolute atomic E-state index is 0.123. The van der Waals surface area contributed by atoms with E-state index in [1.165, 1.54) is 0 Å². The van der Waals surface area contributed by atoms with Gasteiger partial charge in [-0.25, -0.2) is 8.42 Å². The van der Waals surface area contributed by atoms with Gasteiger partial charge in [0.2, 0.25) is 0 Å². The van der Waals surface area contributed by atoms with E-state index in [2.05, 4.69) is 0 Å².